The second-order valence-electron chi connectivity index (χ2n) is 7.58. The van der Waals surface area contributed by atoms with E-state index in [1.807, 2.05) is 23.6 Å². The van der Waals surface area contributed by atoms with Gasteiger partial charge in [-0.25, -0.2) is 13.4 Å². The maximum atomic E-state index is 13.0. The lowest BCUT2D eigenvalue weighted by Gasteiger charge is -2.26. The number of aryl methyl sites for hydroxylation is 2. The molecule has 0 aliphatic carbocycles. The van der Waals surface area contributed by atoms with E-state index in [0.717, 1.165) is 16.9 Å². The van der Waals surface area contributed by atoms with Gasteiger partial charge in [-0.3, -0.25) is 9.78 Å². The lowest BCUT2D eigenvalue weighted by molar-refractivity contribution is -0.121. The Morgan fingerprint density at radius 1 is 1.22 bits per heavy atom. The maximum absolute atomic E-state index is 13.0. The highest BCUT2D eigenvalue weighted by atomic mass is 32.2. The Labute approximate surface area is 187 Å². The number of pyridine rings is 1. The fraction of sp³-hybridized carbons (Fsp3) is 0.409. The Kier molecular flexibility index (Phi) is 6.83. The number of rotatable bonds is 8. The number of ether oxygens (including phenoxy) is 1. The van der Waals surface area contributed by atoms with Crippen LogP contribution in [0.15, 0.2) is 47.6 Å². The SMILES string of the molecule is CCn1c(CCC(=O)NCc2cccnc2)nc2cc(S(=O)(=O)N3CCOCC3)ccc21. The molecule has 1 amide bonds. The summed E-state index contributed by atoms with van der Waals surface area (Å²) in [7, 11) is -3.59. The van der Waals surface area contributed by atoms with Crippen molar-refractivity contribution < 1.29 is 17.9 Å². The van der Waals surface area contributed by atoms with Gasteiger partial charge in [0.1, 0.15) is 5.82 Å². The molecule has 3 aromatic rings. The van der Waals surface area contributed by atoms with Gasteiger partial charge < -0.3 is 14.6 Å². The summed E-state index contributed by atoms with van der Waals surface area (Å²) in [4.78, 5) is 21.2. The van der Waals surface area contributed by atoms with Crippen LogP contribution in [0.1, 0.15) is 24.7 Å². The summed E-state index contributed by atoms with van der Waals surface area (Å²) in [5.74, 6) is 0.694. The molecule has 170 valence electrons. The van der Waals surface area contributed by atoms with E-state index in [4.69, 9.17) is 4.74 Å². The van der Waals surface area contributed by atoms with Crippen LogP contribution in [-0.4, -0.2) is 59.5 Å². The number of fused-ring (bicyclic) bond motifs is 1. The van der Waals surface area contributed by atoms with Crippen molar-refractivity contribution in [3.05, 3.63) is 54.1 Å². The van der Waals surface area contributed by atoms with Crippen molar-refractivity contribution in [1.29, 1.82) is 0 Å². The summed E-state index contributed by atoms with van der Waals surface area (Å²) < 4.78 is 34.7. The third-order valence-electron chi connectivity index (χ3n) is 5.51. The maximum Gasteiger partial charge on any atom is 0.243 e. The van der Waals surface area contributed by atoms with Crippen LogP contribution in [-0.2, 0) is 39.1 Å². The third-order valence-corrected chi connectivity index (χ3v) is 7.41. The first-order valence-corrected chi connectivity index (χ1v) is 12.2. The van der Waals surface area contributed by atoms with Crippen LogP contribution in [0, 0.1) is 0 Å². The van der Waals surface area contributed by atoms with Crippen molar-refractivity contribution in [2.75, 3.05) is 26.3 Å². The minimum absolute atomic E-state index is 0.0702. The Morgan fingerprint density at radius 2 is 2.03 bits per heavy atom. The number of imidazole rings is 1. The fourth-order valence-electron chi connectivity index (χ4n) is 3.82. The second-order valence-corrected chi connectivity index (χ2v) is 9.52. The van der Waals surface area contributed by atoms with Gasteiger partial charge in [0, 0.05) is 51.4 Å². The van der Waals surface area contributed by atoms with Crippen molar-refractivity contribution >= 4 is 27.0 Å². The fourth-order valence-corrected chi connectivity index (χ4v) is 5.25. The summed E-state index contributed by atoms with van der Waals surface area (Å²) in [5.41, 5.74) is 2.42. The highest BCUT2D eigenvalue weighted by molar-refractivity contribution is 7.89. The molecule has 2 aromatic heterocycles. The van der Waals surface area contributed by atoms with Crippen LogP contribution >= 0.6 is 0 Å². The molecule has 0 saturated carbocycles. The third kappa shape index (κ3) is 4.82. The van der Waals surface area contributed by atoms with Crippen molar-refractivity contribution in [1.82, 2.24) is 24.2 Å². The molecule has 32 heavy (non-hydrogen) atoms. The van der Waals surface area contributed by atoms with E-state index in [1.54, 1.807) is 30.6 Å². The second kappa shape index (κ2) is 9.76. The zero-order chi connectivity index (χ0) is 22.6. The van der Waals surface area contributed by atoms with Gasteiger partial charge in [0.2, 0.25) is 15.9 Å². The largest absolute Gasteiger partial charge is 0.379 e. The molecule has 1 saturated heterocycles. The Balaban J connectivity index is 1.48. The van der Waals surface area contributed by atoms with Crippen molar-refractivity contribution in [2.24, 2.45) is 0 Å². The van der Waals surface area contributed by atoms with Crippen LogP contribution in [0.3, 0.4) is 0 Å². The van der Waals surface area contributed by atoms with Crippen LogP contribution in [0.5, 0.6) is 0 Å². The number of amides is 1. The highest BCUT2D eigenvalue weighted by Gasteiger charge is 2.27. The van der Waals surface area contributed by atoms with Gasteiger partial charge >= 0.3 is 0 Å². The van der Waals surface area contributed by atoms with Gasteiger partial charge in [-0.1, -0.05) is 6.07 Å². The number of carbonyl (C=O) groups excluding carboxylic acids is 1. The average molecular weight is 458 g/mol. The van der Waals surface area contributed by atoms with Crippen molar-refractivity contribution in [2.45, 2.75) is 37.8 Å². The van der Waals surface area contributed by atoms with Gasteiger partial charge in [0.25, 0.3) is 0 Å². The zero-order valence-electron chi connectivity index (χ0n) is 18.0. The molecule has 9 nitrogen and oxygen atoms in total. The van der Waals surface area contributed by atoms with E-state index in [9.17, 15) is 13.2 Å². The molecule has 4 rings (SSSR count). The first kappa shape index (κ1) is 22.4. The summed E-state index contributed by atoms with van der Waals surface area (Å²) in [6, 6.07) is 8.79. The van der Waals surface area contributed by atoms with Gasteiger partial charge in [-0.15, -0.1) is 0 Å². The Morgan fingerprint density at radius 3 is 2.75 bits per heavy atom. The van der Waals surface area contributed by atoms with Gasteiger partial charge in [-0.2, -0.15) is 4.31 Å². The smallest absolute Gasteiger partial charge is 0.243 e. The predicted octanol–water partition coefficient (Wildman–Crippen LogP) is 1.72. The van der Waals surface area contributed by atoms with Crippen LogP contribution in [0.25, 0.3) is 11.0 Å². The first-order valence-electron chi connectivity index (χ1n) is 10.7. The quantitative estimate of drug-likeness (QED) is 0.552. The minimum Gasteiger partial charge on any atom is -0.379 e. The molecule has 1 aliphatic heterocycles. The molecule has 0 bridgehead atoms. The van der Waals surface area contributed by atoms with Crippen LogP contribution in [0.4, 0.5) is 0 Å². The molecule has 0 spiro atoms. The Bertz CT molecular complexity index is 1190. The lowest BCUT2D eigenvalue weighted by atomic mass is 10.2. The number of hydrogen-bond donors (Lipinski definition) is 1. The van der Waals surface area contributed by atoms with Gasteiger partial charge in [0.05, 0.1) is 29.1 Å². The summed E-state index contributed by atoms with van der Waals surface area (Å²) in [6.45, 7) is 4.62. The highest BCUT2D eigenvalue weighted by Crippen LogP contribution is 2.24. The molecule has 1 N–H and O–H groups in total. The van der Waals surface area contributed by atoms with E-state index >= 15 is 0 Å². The summed E-state index contributed by atoms with van der Waals surface area (Å²) >= 11 is 0. The van der Waals surface area contributed by atoms with Crippen LogP contribution in [0.2, 0.25) is 0 Å². The lowest BCUT2D eigenvalue weighted by Crippen LogP contribution is -2.40. The molecule has 3 heterocycles. The van der Waals surface area contributed by atoms with Crippen LogP contribution < -0.4 is 5.32 Å². The molecule has 1 fully saturated rings. The number of nitrogens with zero attached hydrogens (tertiary/aromatic N) is 4. The summed E-state index contributed by atoms with van der Waals surface area (Å²) in [6.07, 6.45) is 4.17. The van der Waals surface area contributed by atoms with Crippen molar-refractivity contribution in [3.8, 4) is 0 Å². The molecule has 1 aliphatic rings. The van der Waals surface area contributed by atoms with E-state index in [-0.39, 0.29) is 10.8 Å². The number of sulfonamides is 1. The number of benzene rings is 1. The van der Waals surface area contributed by atoms with Gasteiger partial charge in [0.15, 0.2) is 0 Å². The van der Waals surface area contributed by atoms with Gasteiger partial charge in [-0.05, 0) is 36.8 Å². The number of nitrogens with one attached hydrogen (secondary N) is 1. The molecule has 0 radical (unpaired) electrons. The van der Waals surface area contributed by atoms with E-state index in [1.165, 1.54) is 4.31 Å². The monoisotopic (exact) mass is 457 g/mol. The van der Waals surface area contributed by atoms with Crippen molar-refractivity contribution in [3.63, 3.8) is 0 Å². The molecular weight excluding hydrogens is 430 g/mol. The number of hydrogen-bond acceptors (Lipinski definition) is 6. The zero-order valence-corrected chi connectivity index (χ0v) is 18.8. The number of aromatic nitrogens is 3. The molecular formula is C22H27N5O4S. The first-order chi connectivity index (χ1) is 15.5. The number of carbonyl (C=O) groups is 1. The van der Waals surface area contributed by atoms with E-state index in [0.29, 0.717) is 57.8 Å². The predicted molar refractivity (Wildman–Crippen MR) is 119 cm³/mol. The normalized spacial score (nSPS) is 15.2. The molecule has 0 atom stereocenters. The number of morpholine rings is 1. The molecule has 10 heteroatoms. The molecule has 0 unspecified atom stereocenters. The minimum atomic E-state index is -3.59. The topological polar surface area (TPSA) is 106 Å². The average Bonchev–Trinajstić information content (AvgIpc) is 3.19. The Hall–Kier alpha value is -2.82. The van der Waals surface area contributed by atoms with E-state index in [2.05, 4.69) is 15.3 Å². The van der Waals surface area contributed by atoms with E-state index < -0.39 is 10.0 Å². The standard InChI is InChI=1S/C22H27N5O4S/c1-2-27-20-6-5-18(32(29,30)26-10-12-31-13-11-26)14-19(20)25-21(27)7-8-22(28)24-16-17-4-3-9-23-15-17/h3-6,9,14-15H,2,7-8,10-13,16H2,1H3,(H,24,28). The molecule has 1 aromatic carbocycles. The summed E-state index contributed by atoms with van der Waals surface area (Å²) in [5, 5.41) is 2.89.